The number of morpholine rings is 1. The molecule has 30 heavy (non-hydrogen) atoms. The lowest BCUT2D eigenvalue weighted by molar-refractivity contribution is 0.0977. The van der Waals surface area contributed by atoms with Gasteiger partial charge in [0, 0.05) is 44.2 Å². The molecule has 0 aliphatic carbocycles. The normalized spacial score (nSPS) is 16.9. The van der Waals surface area contributed by atoms with Crippen LogP contribution < -0.4 is 4.90 Å². The molecular weight excluding hydrogens is 382 g/mol. The minimum atomic E-state index is -0.274. The van der Waals surface area contributed by atoms with Gasteiger partial charge in [0.1, 0.15) is 12.4 Å². The molecule has 1 amide bonds. The molecule has 8 heteroatoms. The van der Waals surface area contributed by atoms with Gasteiger partial charge in [-0.25, -0.2) is 9.78 Å². The molecule has 0 radical (unpaired) electrons. The number of ether oxygens (including phenoxy) is 2. The Morgan fingerprint density at radius 2 is 1.83 bits per heavy atom. The Morgan fingerprint density at radius 1 is 1.03 bits per heavy atom. The summed E-state index contributed by atoms with van der Waals surface area (Å²) in [6.07, 6.45) is 2.95. The maximum absolute atomic E-state index is 12.7. The Bertz CT molecular complexity index is 1030. The van der Waals surface area contributed by atoms with E-state index in [-0.39, 0.29) is 12.7 Å². The van der Waals surface area contributed by atoms with Gasteiger partial charge in [0.15, 0.2) is 5.65 Å². The lowest BCUT2D eigenvalue weighted by atomic mass is 10.1. The highest BCUT2D eigenvalue weighted by Gasteiger charge is 2.27. The van der Waals surface area contributed by atoms with Crippen molar-refractivity contribution in [1.82, 2.24) is 19.5 Å². The molecule has 0 bridgehead atoms. The summed E-state index contributed by atoms with van der Waals surface area (Å²) in [7, 11) is 0. The summed E-state index contributed by atoms with van der Waals surface area (Å²) in [4.78, 5) is 21.6. The monoisotopic (exact) mass is 407 g/mol. The van der Waals surface area contributed by atoms with E-state index < -0.39 is 0 Å². The van der Waals surface area contributed by atoms with E-state index in [0.29, 0.717) is 32.7 Å². The van der Waals surface area contributed by atoms with Crippen molar-refractivity contribution in [2.45, 2.75) is 19.4 Å². The van der Waals surface area contributed by atoms with Gasteiger partial charge >= 0.3 is 6.09 Å². The standard InChI is InChI=1S/C22H25N5O3/c28-22(30-16-17-4-2-1-3-5-17)26-10-7-18-19(8-11-26)24-20-6-9-23-27(20)21(18)25-12-14-29-15-13-25/h1-6,9H,7-8,10-16H2. The molecule has 2 aliphatic rings. The van der Waals surface area contributed by atoms with Gasteiger partial charge in [-0.3, -0.25) is 0 Å². The first-order chi connectivity index (χ1) is 14.8. The van der Waals surface area contributed by atoms with Crippen LogP contribution in [-0.4, -0.2) is 65.0 Å². The van der Waals surface area contributed by atoms with Crippen LogP contribution in [0.1, 0.15) is 16.8 Å². The van der Waals surface area contributed by atoms with Crippen molar-refractivity contribution in [1.29, 1.82) is 0 Å². The van der Waals surface area contributed by atoms with Crippen LogP contribution in [-0.2, 0) is 28.9 Å². The van der Waals surface area contributed by atoms with Crippen LogP contribution >= 0.6 is 0 Å². The number of amides is 1. The minimum Gasteiger partial charge on any atom is -0.445 e. The Hall–Kier alpha value is -3.13. The first kappa shape index (κ1) is 18.9. The second-order valence-corrected chi connectivity index (χ2v) is 7.59. The van der Waals surface area contributed by atoms with Crippen LogP contribution in [0.3, 0.4) is 0 Å². The molecule has 1 fully saturated rings. The zero-order valence-electron chi connectivity index (χ0n) is 16.9. The number of hydrogen-bond acceptors (Lipinski definition) is 6. The fourth-order valence-electron chi connectivity index (χ4n) is 4.16. The summed E-state index contributed by atoms with van der Waals surface area (Å²) < 4.78 is 13.0. The first-order valence-electron chi connectivity index (χ1n) is 10.4. The number of carbonyl (C=O) groups excluding carboxylic acids is 1. The molecular formula is C22H25N5O3. The summed E-state index contributed by atoms with van der Waals surface area (Å²) in [5.74, 6) is 1.09. The van der Waals surface area contributed by atoms with Crippen LogP contribution in [0.15, 0.2) is 42.6 Å². The van der Waals surface area contributed by atoms with Crippen LogP contribution in [0, 0.1) is 0 Å². The van der Waals surface area contributed by atoms with Gasteiger partial charge in [-0.15, -0.1) is 0 Å². The van der Waals surface area contributed by atoms with E-state index in [1.54, 1.807) is 11.1 Å². The van der Waals surface area contributed by atoms with Crippen LogP contribution in [0.2, 0.25) is 0 Å². The first-order valence-corrected chi connectivity index (χ1v) is 10.4. The van der Waals surface area contributed by atoms with Crippen molar-refractivity contribution in [3.63, 3.8) is 0 Å². The molecule has 0 atom stereocenters. The summed E-state index contributed by atoms with van der Waals surface area (Å²) >= 11 is 0. The Labute approximate surface area is 175 Å². The molecule has 1 aromatic carbocycles. The van der Waals surface area contributed by atoms with Gasteiger partial charge in [-0.2, -0.15) is 9.61 Å². The number of hydrogen-bond donors (Lipinski definition) is 0. The van der Waals surface area contributed by atoms with Crippen LogP contribution in [0.5, 0.6) is 0 Å². The smallest absolute Gasteiger partial charge is 0.410 e. The zero-order chi connectivity index (χ0) is 20.3. The molecule has 2 aromatic heterocycles. The molecule has 8 nitrogen and oxygen atoms in total. The highest BCUT2D eigenvalue weighted by atomic mass is 16.6. The number of carbonyl (C=O) groups is 1. The highest BCUT2D eigenvalue weighted by Crippen LogP contribution is 2.28. The van der Waals surface area contributed by atoms with E-state index >= 15 is 0 Å². The van der Waals surface area contributed by atoms with Crippen molar-refractivity contribution in [2.75, 3.05) is 44.3 Å². The molecule has 0 unspecified atom stereocenters. The fourth-order valence-corrected chi connectivity index (χ4v) is 4.16. The lowest BCUT2D eigenvalue weighted by Gasteiger charge is -2.31. The quantitative estimate of drug-likeness (QED) is 0.664. The molecule has 2 aliphatic heterocycles. The molecule has 1 saturated heterocycles. The third kappa shape index (κ3) is 3.70. The van der Waals surface area contributed by atoms with Gasteiger partial charge in [0.25, 0.3) is 0 Å². The van der Waals surface area contributed by atoms with E-state index in [2.05, 4.69) is 10.00 Å². The number of rotatable bonds is 3. The average Bonchev–Trinajstić information content (AvgIpc) is 3.16. The van der Waals surface area contributed by atoms with E-state index in [0.717, 1.165) is 42.2 Å². The Balaban J connectivity index is 1.36. The van der Waals surface area contributed by atoms with E-state index in [1.165, 1.54) is 5.56 Å². The number of nitrogens with zero attached hydrogens (tertiary/aromatic N) is 5. The van der Waals surface area contributed by atoms with Crippen molar-refractivity contribution >= 4 is 17.6 Å². The summed E-state index contributed by atoms with van der Waals surface area (Å²) in [6.45, 7) is 4.55. The van der Waals surface area contributed by atoms with E-state index in [4.69, 9.17) is 14.5 Å². The number of benzene rings is 1. The SMILES string of the molecule is O=C(OCc1ccccc1)N1CCc2nc3ccnn3c(N3CCOCC3)c2CC1. The van der Waals surface area contributed by atoms with Gasteiger partial charge in [0.05, 0.1) is 25.1 Å². The second kappa shape index (κ2) is 8.31. The summed E-state index contributed by atoms with van der Waals surface area (Å²) in [5.41, 5.74) is 4.05. The number of anilines is 1. The average molecular weight is 407 g/mol. The highest BCUT2D eigenvalue weighted by molar-refractivity contribution is 5.68. The van der Waals surface area contributed by atoms with E-state index in [9.17, 15) is 4.79 Å². The molecule has 156 valence electrons. The van der Waals surface area contributed by atoms with E-state index in [1.807, 2.05) is 40.9 Å². The van der Waals surface area contributed by atoms with Gasteiger partial charge in [-0.05, 0) is 12.0 Å². The predicted octanol–water partition coefficient (Wildman–Crippen LogP) is 2.30. The molecule has 3 aromatic rings. The fraction of sp³-hybridized carbons (Fsp3) is 0.409. The summed E-state index contributed by atoms with van der Waals surface area (Å²) in [5, 5.41) is 4.52. The van der Waals surface area contributed by atoms with Crippen molar-refractivity contribution < 1.29 is 14.3 Å². The minimum absolute atomic E-state index is 0.274. The molecule has 4 heterocycles. The predicted molar refractivity (Wildman–Crippen MR) is 112 cm³/mol. The lowest BCUT2D eigenvalue weighted by Crippen LogP contribution is -2.38. The third-order valence-electron chi connectivity index (χ3n) is 5.72. The van der Waals surface area contributed by atoms with Crippen molar-refractivity contribution in [3.8, 4) is 0 Å². The Kier molecular flexibility index (Phi) is 5.23. The van der Waals surface area contributed by atoms with Crippen LogP contribution in [0.4, 0.5) is 10.6 Å². The second-order valence-electron chi connectivity index (χ2n) is 7.59. The van der Waals surface area contributed by atoms with Crippen molar-refractivity contribution in [2.24, 2.45) is 0 Å². The summed E-state index contributed by atoms with van der Waals surface area (Å²) in [6, 6.07) is 11.7. The van der Waals surface area contributed by atoms with Crippen molar-refractivity contribution in [3.05, 3.63) is 59.4 Å². The van der Waals surface area contributed by atoms with Crippen LogP contribution in [0.25, 0.3) is 5.65 Å². The number of fused-ring (bicyclic) bond motifs is 2. The molecule has 0 spiro atoms. The maximum Gasteiger partial charge on any atom is 0.410 e. The van der Waals surface area contributed by atoms with Gasteiger partial charge in [-0.1, -0.05) is 30.3 Å². The molecule has 5 rings (SSSR count). The Morgan fingerprint density at radius 3 is 2.67 bits per heavy atom. The topological polar surface area (TPSA) is 72.2 Å². The molecule has 0 saturated carbocycles. The molecule has 0 N–H and O–H groups in total. The number of aromatic nitrogens is 3. The largest absolute Gasteiger partial charge is 0.445 e. The van der Waals surface area contributed by atoms with Gasteiger partial charge in [0.2, 0.25) is 0 Å². The third-order valence-corrected chi connectivity index (χ3v) is 5.72. The maximum atomic E-state index is 12.7. The zero-order valence-corrected chi connectivity index (χ0v) is 16.9. The van der Waals surface area contributed by atoms with Gasteiger partial charge < -0.3 is 19.3 Å².